The fourth-order valence-corrected chi connectivity index (χ4v) is 1.99. The van der Waals surface area contributed by atoms with Crippen LogP contribution in [-0.2, 0) is 6.54 Å². The number of rotatable bonds is 6. The largest absolute Gasteiger partial charge is 0.476 e. The van der Waals surface area contributed by atoms with Crippen LogP contribution in [0.1, 0.15) is 5.56 Å². The smallest absolute Gasteiger partial charge is 0.213 e. The zero-order chi connectivity index (χ0) is 12.6. The van der Waals surface area contributed by atoms with Crippen molar-refractivity contribution in [1.29, 1.82) is 0 Å². The summed E-state index contributed by atoms with van der Waals surface area (Å²) in [6, 6.07) is 13.9. The van der Waals surface area contributed by atoms with Crippen LogP contribution in [0, 0.1) is 0 Å². The standard InChI is InChI=1S/C14H15BrN2O/c15-13-5-3-4-12(10-13)11-16-8-9-18-14-6-1-2-7-17-14/h1-7,10,16H,8-9,11H2. The Balaban J connectivity index is 1.65. The quantitative estimate of drug-likeness (QED) is 0.833. The minimum absolute atomic E-state index is 0.616. The molecule has 2 rings (SSSR count). The average molecular weight is 307 g/mol. The van der Waals surface area contributed by atoms with Crippen LogP contribution in [0.4, 0.5) is 0 Å². The van der Waals surface area contributed by atoms with Crippen LogP contribution in [-0.4, -0.2) is 18.1 Å². The summed E-state index contributed by atoms with van der Waals surface area (Å²) < 4.78 is 6.59. The Morgan fingerprint density at radius 3 is 2.89 bits per heavy atom. The molecule has 1 N–H and O–H groups in total. The van der Waals surface area contributed by atoms with Crippen molar-refractivity contribution in [2.45, 2.75) is 6.54 Å². The molecule has 94 valence electrons. The van der Waals surface area contributed by atoms with E-state index < -0.39 is 0 Å². The second-order valence-electron chi connectivity index (χ2n) is 3.82. The van der Waals surface area contributed by atoms with Crippen LogP contribution < -0.4 is 10.1 Å². The van der Waals surface area contributed by atoms with E-state index in [9.17, 15) is 0 Å². The van der Waals surface area contributed by atoms with Gasteiger partial charge in [0.1, 0.15) is 6.61 Å². The van der Waals surface area contributed by atoms with Crippen LogP contribution in [0.2, 0.25) is 0 Å². The summed E-state index contributed by atoms with van der Waals surface area (Å²) in [5.74, 6) is 0.668. The van der Waals surface area contributed by atoms with Crippen LogP contribution in [0.15, 0.2) is 53.1 Å². The second kappa shape index (κ2) is 7.13. The molecule has 0 saturated heterocycles. The predicted octanol–water partition coefficient (Wildman–Crippen LogP) is 3.01. The van der Waals surface area contributed by atoms with Gasteiger partial charge >= 0.3 is 0 Å². The van der Waals surface area contributed by atoms with Crippen molar-refractivity contribution in [2.24, 2.45) is 0 Å². The van der Waals surface area contributed by atoms with Gasteiger partial charge in [0, 0.05) is 29.8 Å². The highest BCUT2D eigenvalue weighted by atomic mass is 79.9. The molecule has 2 aromatic rings. The zero-order valence-corrected chi connectivity index (χ0v) is 11.6. The predicted molar refractivity (Wildman–Crippen MR) is 75.6 cm³/mol. The molecule has 1 aromatic carbocycles. The molecule has 4 heteroatoms. The van der Waals surface area contributed by atoms with E-state index in [4.69, 9.17) is 4.74 Å². The van der Waals surface area contributed by atoms with Crippen LogP contribution in [0.5, 0.6) is 5.88 Å². The lowest BCUT2D eigenvalue weighted by molar-refractivity contribution is 0.302. The summed E-state index contributed by atoms with van der Waals surface area (Å²) >= 11 is 3.45. The van der Waals surface area contributed by atoms with Gasteiger partial charge in [-0.2, -0.15) is 0 Å². The lowest BCUT2D eigenvalue weighted by atomic mass is 10.2. The van der Waals surface area contributed by atoms with E-state index in [-0.39, 0.29) is 0 Å². The van der Waals surface area contributed by atoms with Crippen molar-refractivity contribution < 1.29 is 4.74 Å². The van der Waals surface area contributed by atoms with E-state index >= 15 is 0 Å². The number of benzene rings is 1. The Labute approximate surface area is 115 Å². The van der Waals surface area contributed by atoms with E-state index in [0.717, 1.165) is 17.6 Å². The van der Waals surface area contributed by atoms with Gasteiger partial charge in [-0.1, -0.05) is 34.1 Å². The van der Waals surface area contributed by atoms with Gasteiger partial charge in [0.2, 0.25) is 5.88 Å². The first kappa shape index (κ1) is 13.1. The minimum atomic E-state index is 0.616. The lowest BCUT2D eigenvalue weighted by Crippen LogP contribution is -2.20. The average Bonchev–Trinajstić information content (AvgIpc) is 2.40. The number of ether oxygens (including phenoxy) is 1. The van der Waals surface area contributed by atoms with E-state index in [2.05, 4.69) is 38.4 Å². The van der Waals surface area contributed by atoms with Crippen molar-refractivity contribution in [1.82, 2.24) is 10.3 Å². The molecule has 0 atom stereocenters. The fraction of sp³-hybridized carbons (Fsp3) is 0.214. The fourth-order valence-electron chi connectivity index (χ4n) is 1.54. The molecule has 0 aliphatic rings. The van der Waals surface area contributed by atoms with Crippen molar-refractivity contribution in [3.05, 3.63) is 58.7 Å². The molecule has 0 bridgehead atoms. The molecular weight excluding hydrogens is 292 g/mol. The summed E-state index contributed by atoms with van der Waals surface area (Å²) in [6.07, 6.45) is 1.73. The van der Waals surface area contributed by atoms with Gasteiger partial charge in [0.15, 0.2) is 0 Å². The molecule has 0 spiro atoms. The molecule has 0 radical (unpaired) electrons. The third-order valence-corrected chi connectivity index (χ3v) is 2.88. The van der Waals surface area contributed by atoms with Gasteiger partial charge < -0.3 is 10.1 Å². The van der Waals surface area contributed by atoms with Gasteiger partial charge in [-0.3, -0.25) is 0 Å². The van der Waals surface area contributed by atoms with E-state index in [1.165, 1.54) is 5.56 Å². The first-order valence-corrected chi connectivity index (χ1v) is 6.63. The Bertz CT molecular complexity index is 476. The summed E-state index contributed by atoms with van der Waals surface area (Å²) in [7, 11) is 0. The van der Waals surface area contributed by atoms with Crippen molar-refractivity contribution in [2.75, 3.05) is 13.2 Å². The highest BCUT2D eigenvalue weighted by Gasteiger charge is 1.95. The molecule has 3 nitrogen and oxygen atoms in total. The van der Waals surface area contributed by atoms with E-state index in [0.29, 0.717) is 12.5 Å². The third-order valence-electron chi connectivity index (χ3n) is 2.38. The molecule has 0 saturated carbocycles. The third kappa shape index (κ3) is 4.47. The van der Waals surface area contributed by atoms with E-state index in [1.54, 1.807) is 6.20 Å². The van der Waals surface area contributed by atoms with E-state index in [1.807, 2.05) is 30.3 Å². The Morgan fingerprint density at radius 1 is 1.17 bits per heavy atom. The number of aromatic nitrogens is 1. The summed E-state index contributed by atoms with van der Waals surface area (Å²) in [6.45, 7) is 2.25. The number of halogens is 1. The second-order valence-corrected chi connectivity index (χ2v) is 4.74. The molecular formula is C14H15BrN2O. The van der Waals surface area contributed by atoms with Gasteiger partial charge in [-0.25, -0.2) is 4.98 Å². The topological polar surface area (TPSA) is 34.1 Å². The highest BCUT2D eigenvalue weighted by Crippen LogP contribution is 2.11. The molecule has 0 unspecified atom stereocenters. The van der Waals surface area contributed by atoms with Crippen LogP contribution in [0.3, 0.4) is 0 Å². The first-order chi connectivity index (χ1) is 8.84. The van der Waals surface area contributed by atoms with Crippen molar-refractivity contribution in [3.63, 3.8) is 0 Å². The van der Waals surface area contributed by atoms with Crippen molar-refractivity contribution in [3.8, 4) is 5.88 Å². The Hall–Kier alpha value is -1.39. The number of nitrogens with one attached hydrogen (secondary N) is 1. The molecule has 1 aromatic heterocycles. The Kier molecular flexibility index (Phi) is 5.17. The number of nitrogens with zero attached hydrogens (tertiary/aromatic N) is 1. The number of hydrogen-bond donors (Lipinski definition) is 1. The first-order valence-electron chi connectivity index (χ1n) is 5.83. The molecule has 0 amide bonds. The number of hydrogen-bond acceptors (Lipinski definition) is 3. The maximum absolute atomic E-state index is 5.48. The summed E-state index contributed by atoms with van der Waals surface area (Å²) in [5.41, 5.74) is 1.25. The SMILES string of the molecule is Brc1cccc(CNCCOc2ccccn2)c1. The Morgan fingerprint density at radius 2 is 2.11 bits per heavy atom. The summed E-state index contributed by atoms with van der Waals surface area (Å²) in [5, 5.41) is 3.33. The van der Waals surface area contributed by atoms with Crippen LogP contribution >= 0.6 is 15.9 Å². The van der Waals surface area contributed by atoms with Gasteiger partial charge in [-0.05, 0) is 23.8 Å². The van der Waals surface area contributed by atoms with Gasteiger partial charge in [-0.15, -0.1) is 0 Å². The van der Waals surface area contributed by atoms with Crippen LogP contribution in [0.25, 0.3) is 0 Å². The molecule has 0 aliphatic heterocycles. The molecule has 0 fully saturated rings. The van der Waals surface area contributed by atoms with Crippen molar-refractivity contribution >= 4 is 15.9 Å². The van der Waals surface area contributed by atoms with Gasteiger partial charge in [0.25, 0.3) is 0 Å². The molecule has 1 heterocycles. The minimum Gasteiger partial charge on any atom is -0.476 e. The maximum atomic E-state index is 5.48. The molecule has 18 heavy (non-hydrogen) atoms. The summed E-state index contributed by atoms with van der Waals surface area (Å²) in [4.78, 5) is 4.09. The zero-order valence-electron chi connectivity index (χ0n) is 9.97. The maximum Gasteiger partial charge on any atom is 0.213 e. The normalized spacial score (nSPS) is 10.3. The lowest BCUT2D eigenvalue weighted by Gasteiger charge is -2.07. The molecule has 0 aliphatic carbocycles. The van der Waals surface area contributed by atoms with Gasteiger partial charge in [0.05, 0.1) is 0 Å². The number of pyridine rings is 1. The monoisotopic (exact) mass is 306 g/mol. The highest BCUT2D eigenvalue weighted by molar-refractivity contribution is 9.10.